The first-order chi connectivity index (χ1) is 7.38. The summed E-state index contributed by atoms with van der Waals surface area (Å²) < 4.78 is 0. The number of rotatable bonds is 6. The predicted molar refractivity (Wildman–Crippen MR) is 65.0 cm³/mol. The monoisotopic (exact) mass is 210 g/mol. The maximum atomic E-state index is 3.57. The maximum absolute atomic E-state index is 3.57. The molecule has 2 rings (SSSR count). The van der Waals surface area contributed by atoms with Crippen LogP contribution in [-0.4, -0.2) is 37.6 Å². The van der Waals surface area contributed by atoms with E-state index < -0.39 is 0 Å². The summed E-state index contributed by atoms with van der Waals surface area (Å²) in [6, 6.07) is 0. The molecular formula is C13H26N2. The number of likely N-dealkylation sites (tertiary alicyclic amines) is 1. The molecule has 1 saturated carbocycles. The van der Waals surface area contributed by atoms with E-state index in [1.807, 2.05) is 0 Å². The molecule has 15 heavy (non-hydrogen) atoms. The Morgan fingerprint density at radius 3 is 2.80 bits per heavy atom. The van der Waals surface area contributed by atoms with Gasteiger partial charge in [-0.1, -0.05) is 6.92 Å². The number of hydrogen-bond donors (Lipinski definition) is 1. The molecule has 1 N–H and O–H groups in total. The summed E-state index contributed by atoms with van der Waals surface area (Å²) in [5, 5.41) is 3.57. The Kier molecular flexibility index (Phi) is 4.45. The first-order valence-electron chi connectivity index (χ1n) is 6.81. The Balaban J connectivity index is 1.62. The van der Waals surface area contributed by atoms with E-state index >= 15 is 0 Å². The van der Waals surface area contributed by atoms with Crippen LogP contribution in [0.4, 0.5) is 0 Å². The minimum atomic E-state index is 0.920. The van der Waals surface area contributed by atoms with Gasteiger partial charge in [0.25, 0.3) is 0 Å². The topological polar surface area (TPSA) is 15.3 Å². The van der Waals surface area contributed by atoms with E-state index in [1.54, 1.807) is 0 Å². The fraction of sp³-hybridized carbons (Fsp3) is 1.00. The predicted octanol–water partition coefficient (Wildman–Crippen LogP) is 2.11. The maximum Gasteiger partial charge on any atom is 0.00219 e. The molecule has 1 unspecified atom stereocenters. The van der Waals surface area contributed by atoms with E-state index in [-0.39, 0.29) is 0 Å². The molecule has 0 aromatic rings. The van der Waals surface area contributed by atoms with Crippen LogP contribution >= 0.6 is 0 Å². The highest BCUT2D eigenvalue weighted by atomic mass is 15.1. The Morgan fingerprint density at radius 1 is 1.20 bits per heavy atom. The summed E-state index contributed by atoms with van der Waals surface area (Å²) in [6.45, 7) is 8.79. The highest BCUT2D eigenvalue weighted by Crippen LogP contribution is 2.31. The second kappa shape index (κ2) is 5.86. The minimum Gasteiger partial charge on any atom is -0.316 e. The van der Waals surface area contributed by atoms with E-state index in [9.17, 15) is 0 Å². The van der Waals surface area contributed by atoms with Gasteiger partial charge in [-0.05, 0) is 63.6 Å². The lowest BCUT2D eigenvalue weighted by molar-refractivity contribution is 0.166. The third-order valence-corrected chi connectivity index (χ3v) is 3.68. The molecule has 0 bridgehead atoms. The Morgan fingerprint density at radius 2 is 2.07 bits per heavy atom. The van der Waals surface area contributed by atoms with Crippen LogP contribution < -0.4 is 5.32 Å². The van der Waals surface area contributed by atoms with Gasteiger partial charge in [-0.3, -0.25) is 0 Å². The molecular weight excluding hydrogens is 184 g/mol. The molecule has 1 heterocycles. The van der Waals surface area contributed by atoms with Gasteiger partial charge in [0.15, 0.2) is 0 Å². The highest BCUT2D eigenvalue weighted by molar-refractivity contribution is 4.81. The van der Waals surface area contributed by atoms with Crippen molar-refractivity contribution >= 4 is 0 Å². The van der Waals surface area contributed by atoms with E-state index in [4.69, 9.17) is 0 Å². The Labute approximate surface area is 94.4 Å². The standard InChI is InChI=1S/C13H26N2/c1-2-7-14-9-13-4-3-8-15(11-13)10-12-5-6-12/h12-14H,2-11H2,1H3. The quantitative estimate of drug-likeness (QED) is 0.676. The molecule has 1 aliphatic carbocycles. The molecule has 0 spiro atoms. The third-order valence-electron chi connectivity index (χ3n) is 3.68. The summed E-state index contributed by atoms with van der Waals surface area (Å²) in [5.41, 5.74) is 0. The molecule has 2 heteroatoms. The average molecular weight is 210 g/mol. The van der Waals surface area contributed by atoms with Gasteiger partial charge >= 0.3 is 0 Å². The lowest BCUT2D eigenvalue weighted by Crippen LogP contribution is -2.40. The molecule has 0 aromatic carbocycles. The summed E-state index contributed by atoms with van der Waals surface area (Å²) in [6.07, 6.45) is 7.12. The molecule has 2 fully saturated rings. The van der Waals surface area contributed by atoms with E-state index in [0.717, 1.165) is 11.8 Å². The van der Waals surface area contributed by atoms with Crippen molar-refractivity contribution in [3.63, 3.8) is 0 Å². The Bertz CT molecular complexity index is 177. The Hall–Kier alpha value is -0.0800. The number of piperidine rings is 1. The molecule has 0 radical (unpaired) electrons. The van der Waals surface area contributed by atoms with Crippen molar-refractivity contribution in [3.8, 4) is 0 Å². The van der Waals surface area contributed by atoms with Crippen molar-refractivity contribution in [2.24, 2.45) is 11.8 Å². The number of nitrogens with one attached hydrogen (secondary N) is 1. The van der Waals surface area contributed by atoms with E-state index in [1.165, 1.54) is 64.8 Å². The highest BCUT2D eigenvalue weighted by Gasteiger charge is 2.27. The molecule has 88 valence electrons. The summed E-state index contributed by atoms with van der Waals surface area (Å²) in [4.78, 5) is 2.71. The van der Waals surface area contributed by atoms with Gasteiger partial charge in [0, 0.05) is 13.1 Å². The molecule has 2 nitrogen and oxygen atoms in total. The van der Waals surface area contributed by atoms with Gasteiger partial charge < -0.3 is 10.2 Å². The van der Waals surface area contributed by atoms with Crippen molar-refractivity contribution in [1.29, 1.82) is 0 Å². The van der Waals surface area contributed by atoms with Crippen LogP contribution in [0.3, 0.4) is 0 Å². The van der Waals surface area contributed by atoms with Crippen LogP contribution in [0.5, 0.6) is 0 Å². The first-order valence-corrected chi connectivity index (χ1v) is 6.81. The van der Waals surface area contributed by atoms with Gasteiger partial charge in [0.1, 0.15) is 0 Å². The van der Waals surface area contributed by atoms with Gasteiger partial charge in [0.05, 0.1) is 0 Å². The van der Waals surface area contributed by atoms with Crippen LogP contribution in [0.2, 0.25) is 0 Å². The third kappa shape index (κ3) is 4.12. The van der Waals surface area contributed by atoms with E-state index in [0.29, 0.717) is 0 Å². The van der Waals surface area contributed by atoms with Crippen LogP contribution in [0.1, 0.15) is 39.0 Å². The molecule has 0 aromatic heterocycles. The van der Waals surface area contributed by atoms with Crippen LogP contribution in [0.25, 0.3) is 0 Å². The second-order valence-electron chi connectivity index (χ2n) is 5.42. The van der Waals surface area contributed by atoms with Crippen molar-refractivity contribution < 1.29 is 0 Å². The van der Waals surface area contributed by atoms with Crippen molar-refractivity contribution in [3.05, 3.63) is 0 Å². The molecule has 1 saturated heterocycles. The van der Waals surface area contributed by atoms with Crippen molar-refractivity contribution in [1.82, 2.24) is 10.2 Å². The number of nitrogens with zero attached hydrogens (tertiary/aromatic N) is 1. The summed E-state index contributed by atoms with van der Waals surface area (Å²) in [7, 11) is 0. The molecule has 1 aliphatic heterocycles. The second-order valence-corrected chi connectivity index (χ2v) is 5.42. The van der Waals surface area contributed by atoms with E-state index in [2.05, 4.69) is 17.1 Å². The summed E-state index contributed by atoms with van der Waals surface area (Å²) >= 11 is 0. The lowest BCUT2D eigenvalue weighted by Gasteiger charge is -2.32. The zero-order valence-corrected chi connectivity index (χ0v) is 10.2. The van der Waals surface area contributed by atoms with Crippen molar-refractivity contribution in [2.45, 2.75) is 39.0 Å². The van der Waals surface area contributed by atoms with Crippen LogP contribution in [0.15, 0.2) is 0 Å². The smallest absolute Gasteiger partial charge is 0.00219 e. The zero-order chi connectivity index (χ0) is 10.5. The summed E-state index contributed by atoms with van der Waals surface area (Å²) in [5.74, 6) is 1.98. The van der Waals surface area contributed by atoms with Gasteiger partial charge in [0.2, 0.25) is 0 Å². The lowest BCUT2D eigenvalue weighted by atomic mass is 9.98. The molecule has 2 aliphatic rings. The van der Waals surface area contributed by atoms with Crippen molar-refractivity contribution in [2.75, 3.05) is 32.7 Å². The molecule has 0 amide bonds. The fourth-order valence-corrected chi connectivity index (χ4v) is 2.63. The number of hydrogen-bond acceptors (Lipinski definition) is 2. The fourth-order valence-electron chi connectivity index (χ4n) is 2.63. The average Bonchev–Trinajstić information content (AvgIpc) is 3.03. The van der Waals surface area contributed by atoms with Gasteiger partial charge in [-0.2, -0.15) is 0 Å². The normalized spacial score (nSPS) is 28.2. The zero-order valence-electron chi connectivity index (χ0n) is 10.2. The largest absolute Gasteiger partial charge is 0.316 e. The van der Waals surface area contributed by atoms with Gasteiger partial charge in [-0.25, -0.2) is 0 Å². The van der Waals surface area contributed by atoms with Crippen LogP contribution in [0, 0.1) is 11.8 Å². The SMILES string of the molecule is CCCNCC1CCCN(CC2CC2)C1. The minimum absolute atomic E-state index is 0.920. The van der Waals surface area contributed by atoms with Gasteiger partial charge in [-0.15, -0.1) is 0 Å². The first kappa shape index (κ1) is 11.4. The molecule has 1 atom stereocenters. The van der Waals surface area contributed by atoms with Crippen LogP contribution in [-0.2, 0) is 0 Å².